The Morgan fingerprint density at radius 1 is 1.24 bits per heavy atom. The fourth-order valence-electron chi connectivity index (χ4n) is 1.85. The van der Waals surface area contributed by atoms with E-state index in [0.29, 0.717) is 21.4 Å². The normalized spacial score (nSPS) is 11.4. The summed E-state index contributed by atoms with van der Waals surface area (Å²) >= 11 is 3.22. The predicted molar refractivity (Wildman–Crippen MR) is 84.6 cm³/mol. The monoisotopic (exact) mass is 370 g/mol. The molecule has 0 saturated heterocycles. The van der Waals surface area contributed by atoms with E-state index in [2.05, 4.69) is 25.6 Å². The average Bonchev–Trinajstić information content (AvgIpc) is 2.42. The van der Waals surface area contributed by atoms with E-state index in [9.17, 15) is 8.42 Å². The molecule has 2 aromatic rings. The Morgan fingerprint density at radius 2 is 1.95 bits per heavy atom. The molecule has 0 atom stereocenters. The third kappa shape index (κ3) is 3.61. The van der Waals surface area contributed by atoms with Crippen LogP contribution in [0.1, 0.15) is 17.0 Å². The Bertz CT molecular complexity index is 776. The molecule has 1 aromatic carbocycles. The number of rotatable bonds is 4. The van der Waals surface area contributed by atoms with Crippen LogP contribution in [0, 0.1) is 13.8 Å². The number of aliphatic hydroxyl groups is 1. The highest BCUT2D eigenvalue weighted by Gasteiger charge is 2.19. The van der Waals surface area contributed by atoms with Gasteiger partial charge in [-0.3, -0.25) is 9.71 Å². The molecular weight excluding hydrogens is 356 g/mol. The Hall–Kier alpha value is -1.44. The number of anilines is 1. The van der Waals surface area contributed by atoms with Gasteiger partial charge in [0, 0.05) is 10.2 Å². The second-order valence-corrected chi connectivity index (χ2v) is 7.12. The van der Waals surface area contributed by atoms with Crippen LogP contribution in [0.15, 0.2) is 39.7 Å². The van der Waals surface area contributed by atoms with Crippen LogP contribution in [-0.4, -0.2) is 18.5 Å². The van der Waals surface area contributed by atoms with Crippen molar-refractivity contribution in [3.05, 3.63) is 51.8 Å². The zero-order chi connectivity index (χ0) is 15.6. The quantitative estimate of drug-likeness (QED) is 0.866. The van der Waals surface area contributed by atoms with E-state index in [-0.39, 0.29) is 11.5 Å². The van der Waals surface area contributed by atoms with Crippen LogP contribution < -0.4 is 4.72 Å². The topological polar surface area (TPSA) is 79.3 Å². The molecule has 0 fully saturated rings. The fourth-order valence-corrected chi connectivity index (χ4v) is 3.98. The van der Waals surface area contributed by atoms with Gasteiger partial charge in [0.25, 0.3) is 10.0 Å². The lowest BCUT2D eigenvalue weighted by atomic mass is 10.2. The zero-order valence-corrected chi connectivity index (χ0v) is 14.0. The van der Waals surface area contributed by atoms with Crippen LogP contribution in [0.3, 0.4) is 0 Å². The molecule has 1 aromatic heterocycles. The maximum absolute atomic E-state index is 12.5. The van der Waals surface area contributed by atoms with Gasteiger partial charge in [-0.25, -0.2) is 8.42 Å². The molecule has 2 N–H and O–H groups in total. The first kappa shape index (κ1) is 15.9. The Morgan fingerprint density at radius 3 is 2.57 bits per heavy atom. The Labute approximate surface area is 132 Å². The van der Waals surface area contributed by atoms with E-state index in [0.717, 1.165) is 5.69 Å². The van der Waals surface area contributed by atoms with Gasteiger partial charge in [0.05, 0.1) is 18.0 Å². The SMILES string of the molecule is Cc1ccc(NS(=O)(=O)c2cc(CO)ccc2Br)c(C)n1. The van der Waals surface area contributed by atoms with Gasteiger partial charge in [0.1, 0.15) is 4.90 Å². The van der Waals surface area contributed by atoms with Crippen molar-refractivity contribution in [2.24, 2.45) is 0 Å². The average molecular weight is 371 g/mol. The second kappa shape index (κ2) is 6.13. The number of pyridine rings is 1. The maximum Gasteiger partial charge on any atom is 0.263 e. The largest absolute Gasteiger partial charge is 0.392 e. The molecule has 0 amide bonds. The number of hydrogen-bond acceptors (Lipinski definition) is 4. The molecule has 0 saturated carbocycles. The summed E-state index contributed by atoms with van der Waals surface area (Å²) in [4.78, 5) is 4.31. The third-order valence-electron chi connectivity index (χ3n) is 2.94. The highest BCUT2D eigenvalue weighted by molar-refractivity contribution is 9.10. The molecule has 0 radical (unpaired) electrons. The lowest BCUT2D eigenvalue weighted by Crippen LogP contribution is -2.15. The second-order valence-electron chi connectivity index (χ2n) is 4.61. The number of halogens is 1. The number of hydrogen-bond donors (Lipinski definition) is 2. The van der Waals surface area contributed by atoms with Crippen LogP contribution in [0.4, 0.5) is 5.69 Å². The minimum absolute atomic E-state index is 0.0778. The molecule has 0 aliphatic carbocycles. The van der Waals surface area contributed by atoms with Crippen LogP contribution in [-0.2, 0) is 16.6 Å². The summed E-state index contributed by atoms with van der Waals surface area (Å²) in [5, 5.41) is 9.14. The first-order valence-corrected chi connectivity index (χ1v) is 8.47. The molecule has 0 bridgehead atoms. The van der Waals surface area contributed by atoms with Crippen molar-refractivity contribution >= 4 is 31.6 Å². The van der Waals surface area contributed by atoms with Gasteiger partial charge < -0.3 is 5.11 Å². The van der Waals surface area contributed by atoms with Gasteiger partial charge in [-0.2, -0.15) is 0 Å². The first-order chi connectivity index (χ1) is 9.83. The Balaban J connectivity index is 2.43. The summed E-state index contributed by atoms with van der Waals surface area (Å²) in [6.45, 7) is 3.36. The molecule has 0 aliphatic rings. The minimum Gasteiger partial charge on any atom is -0.392 e. The summed E-state index contributed by atoms with van der Waals surface area (Å²) in [5.74, 6) is 0. The van der Waals surface area contributed by atoms with Crippen LogP contribution in [0.5, 0.6) is 0 Å². The van der Waals surface area contributed by atoms with E-state index in [1.807, 2.05) is 6.92 Å². The van der Waals surface area contributed by atoms with Gasteiger partial charge in [0.2, 0.25) is 0 Å². The van der Waals surface area contributed by atoms with Gasteiger partial charge >= 0.3 is 0 Å². The number of nitrogens with zero attached hydrogens (tertiary/aromatic N) is 1. The summed E-state index contributed by atoms with van der Waals surface area (Å²) in [5.41, 5.74) is 2.38. The van der Waals surface area contributed by atoms with Crippen LogP contribution in [0.25, 0.3) is 0 Å². The van der Waals surface area contributed by atoms with Crippen molar-refractivity contribution in [3.8, 4) is 0 Å². The van der Waals surface area contributed by atoms with Crippen LogP contribution >= 0.6 is 15.9 Å². The highest BCUT2D eigenvalue weighted by atomic mass is 79.9. The molecule has 112 valence electrons. The number of aliphatic hydroxyl groups excluding tert-OH is 1. The molecule has 5 nitrogen and oxygen atoms in total. The molecule has 1 heterocycles. The summed E-state index contributed by atoms with van der Waals surface area (Å²) in [6, 6.07) is 8.11. The summed E-state index contributed by atoms with van der Waals surface area (Å²) in [7, 11) is -3.76. The third-order valence-corrected chi connectivity index (χ3v) is 5.30. The molecule has 0 unspecified atom stereocenters. The first-order valence-electron chi connectivity index (χ1n) is 6.20. The molecule has 21 heavy (non-hydrogen) atoms. The van der Waals surface area contributed by atoms with Crippen molar-refractivity contribution < 1.29 is 13.5 Å². The van der Waals surface area contributed by atoms with Crippen molar-refractivity contribution in [2.75, 3.05) is 4.72 Å². The van der Waals surface area contributed by atoms with E-state index >= 15 is 0 Å². The standard InChI is InChI=1S/C14H15BrN2O3S/c1-9-3-6-13(10(2)16-9)17-21(19,20)14-7-11(8-18)4-5-12(14)15/h3-7,17-18H,8H2,1-2H3. The predicted octanol–water partition coefficient (Wildman–Crippen LogP) is 2.75. The molecule has 0 spiro atoms. The molecule has 0 aliphatic heterocycles. The van der Waals surface area contributed by atoms with Gasteiger partial charge in [0.15, 0.2) is 0 Å². The van der Waals surface area contributed by atoms with E-state index in [1.165, 1.54) is 6.07 Å². The highest BCUT2D eigenvalue weighted by Crippen LogP contribution is 2.26. The number of aromatic nitrogens is 1. The number of nitrogens with one attached hydrogen (secondary N) is 1. The molecule has 7 heteroatoms. The summed E-state index contributed by atoms with van der Waals surface area (Å²) < 4.78 is 27.9. The van der Waals surface area contributed by atoms with Gasteiger partial charge in [-0.1, -0.05) is 6.07 Å². The number of benzene rings is 1. The minimum atomic E-state index is -3.76. The van der Waals surface area contributed by atoms with E-state index in [1.54, 1.807) is 31.2 Å². The summed E-state index contributed by atoms with van der Waals surface area (Å²) in [6.07, 6.45) is 0. The Kier molecular flexibility index (Phi) is 4.65. The van der Waals surface area contributed by atoms with Gasteiger partial charge in [-0.05, 0) is 59.6 Å². The van der Waals surface area contributed by atoms with Crippen molar-refractivity contribution in [1.29, 1.82) is 0 Å². The maximum atomic E-state index is 12.5. The van der Waals surface area contributed by atoms with Crippen molar-refractivity contribution in [1.82, 2.24) is 4.98 Å². The lowest BCUT2D eigenvalue weighted by molar-refractivity contribution is 0.281. The zero-order valence-electron chi connectivity index (χ0n) is 11.6. The molecule has 2 rings (SSSR count). The van der Waals surface area contributed by atoms with Crippen molar-refractivity contribution in [2.45, 2.75) is 25.3 Å². The lowest BCUT2D eigenvalue weighted by Gasteiger charge is -2.12. The fraction of sp³-hybridized carbons (Fsp3) is 0.214. The van der Waals surface area contributed by atoms with Gasteiger partial charge in [-0.15, -0.1) is 0 Å². The van der Waals surface area contributed by atoms with E-state index in [4.69, 9.17) is 5.11 Å². The van der Waals surface area contributed by atoms with E-state index < -0.39 is 10.0 Å². The number of aryl methyl sites for hydroxylation is 2. The van der Waals surface area contributed by atoms with Crippen LogP contribution in [0.2, 0.25) is 0 Å². The molecular formula is C14H15BrN2O3S. The van der Waals surface area contributed by atoms with Crippen molar-refractivity contribution in [3.63, 3.8) is 0 Å². The smallest absolute Gasteiger partial charge is 0.263 e. The number of sulfonamides is 1.